The van der Waals surface area contributed by atoms with Crippen LogP contribution in [0.1, 0.15) is 12.0 Å². The molecular formula is C30H25ClN2O5. The number of nitrogens with one attached hydrogen (secondary N) is 1. The highest BCUT2D eigenvalue weighted by atomic mass is 35.5. The van der Waals surface area contributed by atoms with Crippen molar-refractivity contribution in [3.05, 3.63) is 95.5 Å². The summed E-state index contributed by atoms with van der Waals surface area (Å²) < 4.78 is 11.3. The minimum absolute atomic E-state index is 0.0160. The summed E-state index contributed by atoms with van der Waals surface area (Å²) in [6.07, 6.45) is 0.0160. The lowest BCUT2D eigenvalue weighted by Crippen LogP contribution is -2.28. The van der Waals surface area contributed by atoms with Gasteiger partial charge in [0.2, 0.25) is 5.91 Å². The second-order valence-electron chi connectivity index (χ2n) is 9.09. The van der Waals surface area contributed by atoms with E-state index in [1.807, 2.05) is 49.4 Å². The zero-order valence-corrected chi connectivity index (χ0v) is 21.4. The van der Waals surface area contributed by atoms with Gasteiger partial charge >= 0.3 is 5.97 Å². The number of fused-ring (bicyclic) bond motifs is 1. The quantitative estimate of drug-likeness (QED) is 0.292. The third-order valence-electron chi connectivity index (χ3n) is 6.40. The van der Waals surface area contributed by atoms with E-state index in [0.717, 1.165) is 22.1 Å². The molecule has 0 bridgehead atoms. The van der Waals surface area contributed by atoms with E-state index < -0.39 is 24.4 Å². The molecule has 8 heteroatoms. The third-order valence-corrected chi connectivity index (χ3v) is 6.64. The average molecular weight is 529 g/mol. The van der Waals surface area contributed by atoms with E-state index in [9.17, 15) is 14.4 Å². The number of ether oxygens (including phenoxy) is 2. The van der Waals surface area contributed by atoms with Gasteiger partial charge in [-0.1, -0.05) is 54.1 Å². The van der Waals surface area contributed by atoms with Crippen LogP contribution >= 0.6 is 11.6 Å². The van der Waals surface area contributed by atoms with Gasteiger partial charge in [-0.05, 0) is 60.3 Å². The number of aryl methyl sites for hydroxylation is 1. The van der Waals surface area contributed by atoms with Crippen LogP contribution in [0.5, 0.6) is 11.5 Å². The Bertz CT molecular complexity index is 1510. The molecule has 192 valence electrons. The fraction of sp³-hybridized carbons (Fsp3) is 0.167. The molecule has 4 aromatic rings. The molecule has 38 heavy (non-hydrogen) atoms. The van der Waals surface area contributed by atoms with Gasteiger partial charge in [-0.15, -0.1) is 0 Å². The number of hydrogen-bond acceptors (Lipinski definition) is 5. The molecule has 0 aromatic heterocycles. The van der Waals surface area contributed by atoms with Crippen molar-refractivity contribution in [2.45, 2.75) is 13.3 Å². The fourth-order valence-corrected chi connectivity index (χ4v) is 4.56. The summed E-state index contributed by atoms with van der Waals surface area (Å²) in [5, 5.41) is 5.26. The summed E-state index contributed by atoms with van der Waals surface area (Å²) in [4.78, 5) is 39.0. The van der Waals surface area contributed by atoms with Gasteiger partial charge in [-0.3, -0.25) is 14.4 Å². The van der Waals surface area contributed by atoms with Crippen LogP contribution in [-0.4, -0.2) is 30.9 Å². The molecule has 1 aliphatic heterocycles. The highest BCUT2D eigenvalue weighted by molar-refractivity contribution is 6.31. The number of anilines is 2. The Morgan fingerprint density at radius 3 is 2.58 bits per heavy atom. The minimum Gasteiger partial charge on any atom is -0.457 e. The Morgan fingerprint density at radius 1 is 1.00 bits per heavy atom. The van der Waals surface area contributed by atoms with Crippen molar-refractivity contribution >= 4 is 51.5 Å². The van der Waals surface area contributed by atoms with E-state index in [2.05, 4.69) is 5.32 Å². The highest BCUT2D eigenvalue weighted by Gasteiger charge is 2.36. The first kappa shape index (κ1) is 25.3. The number of carbonyl (C=O) groups excluding carboxylic acids is 3. The summed E-state index contributed by atoms with van der Waals surface area (Å²) in [7, 11) is 0. The summed E-state index contributed by atoms with van der Waals surface area (Å²) in [5.74, 6) is -0.538. The number of hydrogen-bond donors (Lipinski definition) is 1. The van der Waals surface area contributed by atoms with Gasteiger partial charge in [0.25, 0.3) is 5.91 Å². The second kappa shape index (κ2) is 10.9. The Morgan fingerprint density at radius 2 is 1.76 bits per heavy atom. The smallest absolute Gasteiger partial charge is 0.311 e. The molecule has 0 aliphatic carbocycles. The average Bonchev–Trinajstić information content (AvgIpc) is 3.31. The van der Waals surface area contributed by atoms with Crippen LogP contribution < -0.4 is 15.0 Å². The van der Waals surface area contributed by atoms with Crippen molar-refractivity contribution in [1.29, 1.82) is 0 Å². The zero-order valence-electron chi connectivity index (χ0n) is 20.6. The lowest BCUT2D eigenvalue weighted by atomic mass is 10.1. The summed E-state index contributed by atoms with van der Waals surface area (Å²) in [6, 6.07) is 26.1. The predicted molar refractivity (Wildman–Crippen MR) is 147 cm³/mol. The SMILES string of the molecule is Cc1ccc(Cl)cc1NC(=O)COC(=O)[C@H]1CC(=O)N(c2ccc(Oc3cccc4ccccc34)cc2)C1. The lowest BCUT2D eigenvalue weighted by molar-refractivity contribution is -0.151. The first-order valence-electron chi connectivity index (χ1n) is 12.2. The number of esters is 1. The maximum Gasteiger partial charge on any atom is 0.311 e. The van der Waals surface area contributed by atoms with E-state index in [1.54, 1.807) is 47.4 Å². The van der Waals surface area contributed by atoms with Crippen LogP contribution in [0.15, 0.2) is 84.9 Å². The van der Waals surface area contributed by atoms with Gasteiger partial charge in [-0.2, -0.15) is 0 Å². The third kappa shape index (κ3) is 5.63. The summed E-state index contributed by atoms with van der Waals surface area (Å²) >= 11 is 5.98. The standard InChI is InChI=1S/C30H25ClN2O5/c1-19-9-10-22(31)16-26(19)32-28(34)18-37-30(36)21-15-29(35)33(17-21)23-11-13-24(14-12-23)38-27-8-4-6-20-5-2-3-7-25(20)27/h2-14,16,21H,15,17-18H2,1H3,(H,32,34)/t21-/m0/s1. The molecule has 1 fully saturated rings. The van der Waals surface area contributed by atoms with E-state index in [4.69, 9.17) is 21.1 Å². The van der Waals surface area contributed by atoms with E-state index >= 15 is 0 Å². The maximum absolute atomic E-state index is 12.7. The molecule has 1 N–H and O–H groups in total. The van der Waals surface area contributed by atoms with Crippen molar-refractivity contribution in [3.63, 3.8) is 0 Å². The lowest BCUT2D eigenvalue weighted by Gasteiger charge is -2.17. The number of amides is 2. The Balaban J connectivity index is 1.17. The predicted octanol–water partition coefficient (Wildman–Crippen LogP) is 6.13. The molecule has 0 unspecified atom stereocenters. The Labute approximate surface area is 224 Å². The van der Waals surface area contributed by atoms with Crippen LogP contribution in [-0.2, 0) is 19.1 Å². The van der Waals surface area contributed by atoms with Crippen LogP contribution in [0, 0.1) is 12.8 Å². The first-order valence-corrected chi connectivity index (χ1v) is 12.5. The molecule has 2 amide bonds. The molecule has 5 rings (SSSR count). The molecule has 1 aliphatic rings. The van der Waals surface area contributed by atoms with Crippen molar-refractivity contribution < 1.29 is 23.9 Å². The zero-order chi connectivity index (χ0) is 26.6. The number of nitrogens with zero attached hydrogens (tertiary/aromatic N) is 1. The van der Waals surface area contributed by atoms with Gasteiger partial charge < -0.3 is 19.7 Å². The highest BCUT2D eigenvalue weighted by Crippen LogP contribution is 2.32. The van der Waals surface area contributed by atoms with Crippen molar-refractivity contribution in [2.75, 3.05) is 23.4 Å². The fourth-order valence-electron chi connectivity index (χ4n) is 4.39. The van der Waals surface area contributed by atoms with Gasteiger partial charge in [0, 0.05) is 34.7 Å². The van der Waals surface area contributed by atoms with E-state index in [0.29, 0.717) is 22.1 Å². The van der Waals surface area contributed by atoms with E-state index in [1.165, 1.54) is 0 Å². The van der Waals surface area contributed by atoms with Crippen LogP contribution in [0.25, 0.3) is 10.8 Å². The summed E-state index contributed by atoms with van der Waals surface area (Å²) in [5.41, 5.74) is 2.04. The number of halogens is 1. The summed E-state index contributed by atoms with van der Waals surface area (Å²) in [6.45, 7) is 1.56. The second-order valence-corrected chi connectivity index (χ2v) is 9.53. The van der Waals surface area contributed by atoms with Gasteiger partial charge in [0.05, 0.1) is 5.92 Å². The monoisotopic (exact) mass is 528 g/mol. The maximum atomic E-state index is 12.7. The molecule has 1 saturated heterocycles. The number of carbonyl (C=O) groups is 3. The first-order chi connectivity index (χ1) is 18.4. The molecule has 1 atom stereocenters. The normalized spacial score (nSPS) is 14.9. The Kier molecular flexibility index (Phi) is 7.29. The molecular weight excluding hydrogens is 504 g/mol. The molecule has 0 saturated carbocycles. The molecule has 7 nitrogen and oxygen atoms in total. The van der Waals surface area contributed by atoms with Gasteiger partial charge in [-0.25, -0.2) is 0 Å². The number of rotatable bonds is 7. The van der Waals surface area contributed by atoms with Crippen molar-refractivity contribution in [2.24, 2.45) is 5.92 Å². The molecule has 0 radical (unpaired) electrons. The van der Waals surface area contributed by atoms with Crippen LogP contribution in [0.2, 0.25) is 5.02 Å². The largest absolute Gasteiger partial charge is 0.457 e. The van der Waals surface area contributed by atoms with E-state index in [-0.39, 0.29) is 18.9 Å². The molecule has 1 heterocycles. The topological polar surface area (TPSA) is 84.9 Å². The molecule has 4 aromatic carbocycles. The van der Waals surface area contributed by atoms with Gasteiger partial charge in [0.1, 0.15) is 11.5 Å². The molecule has 0 spiro atoms. The van der Waals surface area contributed by atoms with Crippen molar-refractivity contribution in [1.82, 2.24) is 0 Å². The van der Waals surface area contributed by atoms with Gasteiger partial charge in [0.15, 0.2) is 6.61 Å². The number of benzene rings is 4. The van der Waals surface area contributed by atoms with Crippen LogP contribution in [0.4, 0.5) is 11.4 Å². The van der Waals surface area contributed by atoms with Crippen molar-refractivity contribution in [3.8, 4) is 11.5 Å². The Hall–Kier alpha value is -4.36. The minimum atomic E-state index is -0.658. The van der Waals surface area contributed by atoms with Crippen LogP contribution in [0.3, 0.4) is 0 Å².